The summed E-state index contributed by atoms with van der Waals surface area (Å²) in [6.07, 6.45) is 11.2. The molecule has 2 aliphatic rings. The molecule has 3 heterocycles. The number of benzene rings is 2. The highest BCUT2D eigenvalue weighted by molar-refractivity contribution is 7.17. The van der Waals surface area contributed by atoms with Gasteiger partial charge in [0, 0.05) is 53.6 Å². The Balaban J connectivity index is 1.53. The van der Waals surface area contributed by atoms with Gasteiger partial charge in [-0.15, -0.1) is 11.3 Å². The highest BCUT2D eigenvalue weighted by Crippen LogP contribution is 2.47. The molecule has 3 nitrogen and oxygen atoms in total. The molecule has 2 aromatic carbocycles. The Morgan fingerprint density at radius 3 is 1.95 bits per heavy atom. The molecule has 0 spiro atoms. The third kappa shape index (κ3) is 6.48. The first-order valence-corrected chi connectivity index (χ1v) is 16.9. The van der Waals surface area contributed by atoms with E-state index in [1.807, 2.05) is 6.07 Å². The van der Waals surface area contributed by atoms with Gasteiger partial charge in [0.1, 0.15) is 0 Å². The van der Waals surface area contributed by atoms with E-state index in [9.17, 15) is 4.79 Å². The van der Waals surface area contributed by atoms with Crippen LogP contribution in [0.2, 0.25) is 0 Å². The van der Waals surface area contributed by atoms with Crippen LogP contribution < -0.4 is 9.80 Å². The number of unbranched alkanes of at least 4 members (excludes halogenated alkanes) is 2. The van der Waals surface area contributed by atoms with Crippen LogP contribution in [0.15, 0.2) is 54.6 Å². The van der Waals surface area contributed by atoms with E-state index in [0.717, 1.165) is 43.3 Å². The summed E-state index contributed by atoms with van der Waals surface area (Å²) in [5.41, 5.74) is 9.85. The lowest BCUT2D eigenvalue weighted by atomic mass is 9.96. The van der Waals surface area contributed by atoms with Crippen LogP contribution in [0.25, 0.3) is 21.6 Å². The lowest BCUT2D eigenvalue weighted by Crippen LogP contribution is -2.28. The third-order valence-corrected chi connectivity index (χ3v) is 10.4. The molecule has 0 bridgehead atoms. The van der Waals surface area contributed by atoms with Gasteiger partial charge in [-0.3, -0.25) is 4.79 Å². The van der Waals surface area contributed by atoms with Gasteiger partial charge in [0.05, 0.1) is 4.88 Å². The van der Waals surface area contributed by atoms with Crippen molar-refractivity contribution in [3.8, 4) is 10.4 Å². The first-order valence-electron chi connectivity index (χ1n) is 16.1. The Hall–Kier alpha value is -2.85. The molecular weight excluding hydrogens is 520 g/mol. The second-order valence-electron chi connectivity index (χ2n) is 12.1. The summed E-state index contributed by atoms with van der Waals surface area (Å²) in [5, 5.41) is 0. The summed E-state index contributed by atoms with van der Waals surface area (Å²) in [4.78, 5) is 18.7. The summed E-state index contributed by atoms with van der Waals surface area (Å²) < 4.78 is 0. The predicted octanol–water partition coefficient (Wildman–Crippen LogP) is 10.2. The minimum absolute atomic E-state index is 0.704. The molecule has 0 radical (unpaired) electrons. The van der Waals surface area contributed by atoms with Crippen LogP contribution in [0.3, 0.4) is 0 Å². The average Bonchev–Trinajstić information content (AvgIpc) is 3.73. The minimum atomic E-state index is 0.704. The highest BCUT2D eigenvalue weighted by atomic mass is 32.1. The van der Waals surface area contributed by atoms with Gasteiger partial charge in [-0.25, -0.2) is 0 Å². The normalized spacial score (nSPS) is 17.6. The van der Waals surface area contributed by atoms with Crippen molar-refractivity contribution < 1.29 is 4.79 Å². The smallest absolute Gasteiger partial charge is 0.160 e. The number of carbonyl (C=O) groups excluding carboxylic acids is 1. The maximum absolute atomic E-state index is 11.4. The summed E-state index contributed by atoms with van der Waals surface area (Å²) >= 11 is 1.59. The second-order valence-corrected chi connectivity index (χ2v) is 13.2. The van der Waals surface area contributed by atoms with Gasteiger partial charge in [-0.1, -0.05) is 96.6 Å². The average molecular weight is 569 g/mol. The van der Waals surface area contributed by atoms with E-state index in [4.69, 9.17) is 0 Å². The molecule has 3 aromatic rings. The molecule has 0 saturated heterocycles. The van der Waals surface area contributed by atoms with Crippen LogP contribution in [0.4, 0.5) is 11.4 Å². The van der Waals surface area contributed by atoms with Crippen LogP contribution in [0.1, 0.15) is 99.9 Å². The fraction of sp³-hybridized carbons (Fsp3) is 0.486. The number of fused-ring (bicyclic) bond motifs is 2. The number of aldehydes is 1. The quantitative estimate of drug-likeness (QED) is 0.181. The number of para-hydroxylation sites is 1. The van der Waals surface area contributed by atoms with Crippen LogP contribution in [-0.2, 0) is 0 Å². The fourth-order valence-electron chi connectivity index (χ4n) is 6.80. The standard InChI is InChI=1S/C37H48N2OS/c1-5-9-13-27(7-3)22-38-24-33(31-15-11-12-16-35(31)38)34-25-39(23-28(8-4)14-10-6-2)36-21-29(17-19-32(34)36)37-20-18-30(26-40)41-37/h11-12,15-21,26-28H,5-10,13-14,22-25H2,1-4H3/b34-33-. The fourth-order valence-corrected chi connectivity index (χ4v) is 7.62. The van der Waals surface area contributed by atoms with E-state index in [-0.39, 0.29) is 0 Å². The number of anilines is 2. The molecule has 218 valence electrons. The Kier molecular flexibility index (Phi) is 10.0. The summed E-state index contributed by atoms with van der Waals surface area (Å²) in [5.74, 6) is 1.45. The van der Waals surface area contributed by atoms with Crippen LogP contribution in [-0.4, -0.2) is 32.5 Å². The SMILES string of the molecule is CCCCC(CC)CN1C/C(=C2\CN(CC(CC)CCCC)c3cc(-c4ccc(C=O)s4)ccc32)c2ccccc21. The van der Waals surface area contributed by atoms with E-state index in [1.165, 1.54) is 95.5 Å². The molecule has 4 heteroatoms. The maximum Gasteiger partial charge on any atom is 0.160 e. The molecule has 0 fully saturated rings. The molecule has 5 rings (SSSR count). The van der Waals surface area contributed by atoms with Crippen LogP contribution in [0.5, 0.6) is 0 Å². The molecule has 0 N–H and O–H groups in total. The van der Waals surface area contributed by atoms with Crippen molar-refractivity contribution in [2.24, 2.45) is 11.8 Å². The molecule has 2 atom stereocenters. The van der Waals surface area contributed by atoms with E-state index >= 15 is 0 Å². The second kappa shape index (κ2) is 13.9. The lowest BCUT2D eigenvalue weighted by Gasteiger charge is -2.26. The zero-order valence-electron chi connectivity index (χ0n) is 25.6. The van der Waals surface area contributed by atoms with Gasteiger partial charge in [0.25, 0.3) is 0 Å². The van der Waals surface area contributed by atoms with Crippen molar-refractivity contribution in [1.82, 2.24) is 0 Å². The van der Waals surface area contributed by atoms with E-state index < -0.39 is 0 Å². The number of hydrogen-bond acceptors (Lipinski definition) is 4. The Morgan fingerprint density at radius 2 is 1.37 bits per heavy atom. The van der Waals surface area contributed by atoms with E-state index in [2.05, 4.69) is 86.0 Å². The van der Waals surface area contributed by atoms with E-state index in [1.54, 1.807) is 11.3 Å². The largest absolute Gasteiger partial charge is 0.366 e. The number of hydrogen-bond donors (Lipinski definition) is 0. The zero-order chi connectivity index (χ0) is 28.8. The predicted molar refractivity (Wildman–Crippen MR) is 179 cm³/mol. The van der Waals surface area contributed by atoms with Gasteiger partial charge in [-0.05, 0) is 65.7 Å². The lowest BCUT2D eigenvalue weighted by molar-refractivity contribution is 0.112. The Bertz CT molecular complexity index is 1350. The van der Waals surface area contributed by atoms with Gasteiger partial charge in [0.15, 0.2) is 6.29 Å². The van der Waals surface area contributed by atoms with Crippen LogP contribution >= 0.6 is 11.3 Å². The van der Waals surface area contributed by atoms with Gasteiger partial charge < -0.3 is 9.80 Å². The first-order chi connectivity index (χ1) is 20.1. The summed E-state index contributed by atoms with van der Waals surface area (Å²) in [6.45, 7) is 13.6. The molecule has 1 aromatic heterocycles. The highest BCUT2D eigenvalue weighted by Gasteiger charge is 2.33. The van der Waals surface area contributed by atoms with Crippen LogP contribution in [0, 0.1) is 11.8 Å². The maximum atomic E-state index is 11.4. The molecular formula is C37H48N2OS. The van der Waals surface area contributed by atoms with Gasteiger partial charge >= 0.3 is 0 Å². The van der Waals surface area contributed by atoms with E-state index in [0.29, 0.717) is 5.92 Å². The van der Waals surface area contributed by atoms with Crippen molar-refractivity contribution >= 4 is 40.1 Å². The van der Waals surface area contributed by atoms with Gasteiger partial charge in [-0.2, -0.15) is 0 Å². The Morgan fingerprint density at radius 1 is 0.756 bits per heavy atom. The third-order valence-electron chi connectivity index (χ3n) is 9.37. The van der Waals surface area contributed by atoms with Crippen molar-refractivity contribution in [2.45, 2.75) is 79.1 Å². The van der Waals surface area contributed by atoms with Gasteiger partial charge in [0.2, 0.25) is 0 Å². The Labute approximate surface area is 252 Å². The van der Waals surface area contributed by atoms with Crippen molar-refractivity contribution in [3.05, 3.63) is 70.6 Å². The number of thiophene rings is 1. The van der Waals surface area contributed by atoms with Crippen molar-refractivity contribution in [2.75, 3.05) is 36.0 Å². The molecule has 2 unspecified atom stereocenters. The van der Waals surface area contributed by atoms with Crippen molar-refractivity contribution in [1.29, 1.82) is 0 Å². The molecule has 0 aliphatic carbocycles. The topological polar surface area (TPSA) is 23.6 Å². The molecule has 2 aliphatic heterocycles. The number of carbonyl (C=O) groups is 1. The molecule has 0 saturated carbocycles. The number of rotatable bonds is 14. The summed E-state index contributed by atoms with van der Waals surface area (Å²) in [6, 6.07) is 20.2. The van der Waals surface area contributed by atoms with Crippen molar-refractivity contribution in [3.63, 3.8) is 0 Å². The minimum Gasteiger partial charge on any atom is -0.366 e. The summed E-state index contributed by atoms with van der Waals surface area (Å²) in [7, 11) is 0. The molecule has 0 amide bonds. The monoisotopic (exact) mass is 568 g/mol. The number of nitrogens with zero attached hydrogens (tertiary/aromatic N) is 2. The molecule has 41 heavy (non-hydrogen) atoms. The first kappa shape index (κ1) is 29.6. The zero-order valence-corrected chi connectivity index (χ0v) is 26.4.